The van der Waals surface area contributed by atoms with Crippen LogP contribution in [0, 0.1) is 0 Å². The molecule has 92 valence electrons. The number of hydrogen-bond acceptors (Lipinski definition) is 4. The summed E-state index contributed by atoms with van der Waals surface area (Å²) in [5.41, 5.74) is 0.978. The Bertz CT molecular complexity index is 434. The largest absolute Gasteiger partial charge is 0.504 e. The smallest absolute Gasteiger partial charge is 0.236 e. The van der Waals surface area contributed by atoms with E-state index in [2.05, 4.69) is 10.6 Å². The van der Waals surface area contributed by atoms with Crippen molar-refractivity contribution in [2.24, 2.45) is 0 Å². The topological polar surface area (TPSA) is 70.6 Å². The summed E-state index contributed by atoms with van der Waals surface area (Å²) in [5, 5.41) is 15.5. The molecular weight excluding hydrogens is 220 g/mol. The molecule has 5 nitrogen and oxygen atoms in total. The zero-order chi connectivity index (χ0) is 12.4. The van der Waals surface area contributed by atoms with Crippen molar-refractivity contribution < 1.29 is 14.6 Å². The van der Waals surface area contributed by atoms with Gasteiger partial charge in [0.25, 0.3) is 0 Å². The number of hydrogen-bond donors (Lipinski definition) is 3. The second-order valence-corrected chi connectivity index (χ2v) is 4.12. The predicted molar refractivity (Wildman–Crippen MR) is 63.0 cm³/mol. The van der Waals surface area contributed by atoms with Gasteiger partial charge in [-0.15, -0.1) is 0 Å². The van der Waals surface area contributed by atoms with Gasteiger partial charge in [-0.25, -0.2) is 0 Å². The minimum absolute atomic E-state index is 0.00648. The average Bonchev–Trinajstić information content (AvgIpc) is 2.33. The summed E-state index contributed by atoms with van der Waals surface area (Å²) in [5.74, 6) is 0.560. The maximum Gasteiger partial charge on any atom is 0.236 e. The third kappa shape index (κ3) is 2.34. The van der Waals surface area contributed by atoms with E-state index in [4.69, 9.17) is 4.74 Å². The number of benzene rings is 1. The van der Waals surface area contributed by atoms with Crippen LogP contribution in [0.25, 0.3) is 0 Å². The molecule has 1 saturated heterocycles. The molecule has 1 aromatic carbocycles. The third-order valence-corrected chi connectivity index (χ3v) is 2.93. The number of aromatic hydroxyl groups is 1. The average molecular weight is 236 g/mol. The van der Waals surface area contributed by atoms with E-state index in [9.17, 15) is 9.90 Å². The molecule has 2 atom stereocenters. The second kappa shape index (κ2) is 4.63. The third-order valence-electron chi connectivity index (χ3n) is 2.93. The number of ether oxygens (including phenoxy) is 1. The number of rotatable bonds is 2. The first kappa shape index (κ1) is 11.7. The van der Waals surface area contributed by atoms with Gasteiger partial charge in [0, 0.05) is 6.54 Å². The maximum atomic E-state index is 11.3. The molecule has 0 aromatic heterocycles. The molecule has 17 heavy (non-hydrogen) atoms. The van der Waals surface area contributed by atoms with E-state index >= 15 is 0 Å². The highest BCUT2D eigenvalue weighted by Crippen LogP contribution is 2.29. The van der Waals surface area contributed by atoms with Gasteiger partial charge >= 0.3 is 0 Å². The molecule has 1 aliphatic heterocycles. The monoisotopic (exact) mass is 236 g/mol. The van der Waals surface area contributed by atoms with Gasteiger partial charge in [-0.3, -0.25) is 10.1 Å². The number of phenols is 1. The Labute approximate surface area is 99.8 Å². The molecule has 0 bridgehead atoms. The summed E-state index contributed by atoms with van der Waals surface area (Å²) in [4.78, 5) is 11.3. The molecule has 1 amide bonds. The van der Waals surface area contributed by atoms with Crippen LogP contribution in [0.15, 0.2) is 18.2 Å². The van der Waals surface area contributed by atoms with Crippen molar-refractivity contribution in [1.82, 2.24) is 10.6 Å². The lowest BCUT2D eigenvalue weighted by atomic mass is 10.0. The fourth-order valence-corrected chi connectivity index (χ4v) is 1.92. The highest BCUT2D eigenvalue weighted by molar-refractivity contribution is 5.82. The van der Waals surface area contributed by atoms with Gasteiger partial charge in [-0.05, 0) is 24.6 Å². The van der Waals surface area contributed by atoms with Crippen molar-refractivity contribution in [3.05, 3.63) is 23.8 Å². The van der Waals surface area contributed by atoms with Gasteiger partial charge in [0.1, 0.15) is 0 Å². The van der Waals surface area contributed by atoms with E-state index in [-0.39, 0.29) is 23.7 Å². The Hall–Kier alpha value is -1.75. The van der Waals surface area contributed by atoms with E-state index in [1.807, 2.05) is 13.0 Å². The summed E-state index contributed by atoms with van der Waals surface area (Å²) in [7, 11) is 1.51. The van der Waals surface area contributed by atoms with Gasteiger partial charge in [-0.2, -0.15) is 0 Å². The zero-order valence-corrected chi connectivity index (χ0v) is 9.86. The molecule has 3 N–H and O–H groups in total. The molecule has 5 heteroatoms. The number of phenolic OH excluding ortho intramolecular Hbond substituents is 1. The Morgan fingerprint density at radius 3 is 2.88 bits per heavy atom. The summed E-state index contributed by atoms with van der Waals surface area (Å²) in [6.07, 6.45) is 0. The zero-order valence-electron chi connectivity index (χ0n) is 9.86. The van der Waals surface area contributed by atoms with Crippen LogP contribution in [-0.4, -0.2) is 30.7 Å². The highest BCUT2D eigenvalue weighted by Gasteiger charge is 2.25. The molecular formula is C12H16N2O3. The van der Waals surface area contributed by atoms with Crippen molar-refractivity contribution in [1.29, 1.82) is 0 Å². The molecule has 0 radical (unpaired) electrons. The Kier molecular flexibility index (Phi) is 3.19. The van der Waals surface area contributed by atoms with Gasteiger partial charge in [0.05, 0.1) is 19.2 Å². The normalized spacial score (nSPS) is 24.2. The molecule has 2 unspecified atom stereocenters. The molecule has 0 spiro atoms. The lowest BCUT2D eigenvalue weighted by molar-refractivity contribution is -0.124. The van der Waals surface area contributed by atoms with Gasteiger partial charge in [0.2, 0.25) is 5.91 Å². The minimum atomic E-state index is -0.214. The summed E-state index contributed by atoms with van der Waals surface area (Å²) < 4.78 is 5.06. The van der Waals surface area contributed by atoms with Crippen LogP contribution in [-0.2, 0) is 4.79 Å². The van der Waals surface area contributed by atoms with Crippen LogP contribution in [0.2, 0.25) is 0 Å². The molecule has 1 aromatic rings. The van der Waals surface area contributed by atoms with Crippen LogP contribution >= 0.6 is 0 Å². The first-order valence-electron chi connectivity index (χ1n) is 5.52. The Morgan fingerprint density at radius 2 is 2.24 bits per heavy atom. The molecule has 1 fully saturated rings. The lowest BCUT2D eigenvalue weighted by Crippen LogP contribution is -2.52. The quantitative estimate of drug-likeness (QED) is 0.701. The second-order valence-electron chi connectivity index (χ2n) is 4.12. The molecule has 1 aliphatic rings. The molecule has 1 heterocycles. The summed E-state index contributed by atoms with van der Waals surface area (Å²) in [6.45, 7) is 2.36. The minimum Gasteiger partial charge on any atom is -0.504 e. The van der Waals surface area contributed by atoms with E-state index in [0.717, 1.165) is 5.56 Å². The van der Waals surface area contributed by atoms with Crippen molar-refractivity contribution in [3.8, 4) is 11.5 Å². The van der Waals surface area contributed by atoms with Gasteiger partial charge in [0.15, 0.2) is 11.5 Å². The van der Waals surface area contributed by atoms with Gasteiger partial charge < -0.3 is 15.2 Å². The number of amides is 1. The van der Waals surface area contributed by atoms with Crippen molar-refractivity contribution in [3.63, 3.8) is 0 Å². The summed E-state index contributed by atoms with van der Waals surface area (Å²) >= 11 is 0. The number of nitrogens with one attached hydrogen (secondary N) is 2. The van der Waals surface area contributed by atoms with E-state index in [0.29, 0.717) is 12.3 Å². The van der Waals surface area contributed by atoms with Crippen molar-refractivity contribution in [2.75, 3.05) is 13.7 Å². The van der Waals surface area contributed by atoms with Crippen LogP contribution < -0.4 is 15.4 Å². The van der Waals surface area contributed by atoms with Crippen LogP contribution in [0.1, 0.15) is 18.5 Å². The fraction of sp³-hybridized carbons (Fsp3) is 0.417. The summed E-state index contributed by atoms with van der Waals surface area (Å²) in [6, 6.07) is 5.01. The Morgan fingerprint density at radius 1 is 1.47 bits per heavy atom. The predicted octanol–water partition coefficient (Wildman–Crippen LogP) is 0.550. The van der Waals surface area contributed by atoms with Crippen LogP contribution in [0.4, 0.5) is 0 Å². The van der Waals surface area contributed by atoms with E-state index in [1.165, 1.54) is 7.11 Å². The number of carbonyl (C=O) groups is 1. The standard InChI is InChI=1S/C12H16N2O3/c1-7-12(16)13-6-9(14-7)8-3-4-10(15)11(5-8)17-2/h3-5,7,9,14-15H,6H2,1-2H3,(H,13,16). The fourth-order valence-electron chi connectivity index (χ4n) is 1.92. The molecule has 2 rings (SSSR count). The first-order valence-corrected chi connectivity index (χ1v) is 5.52. The number of methoxy groups -OCH3 is 1. The van der Waals surface area contributed by atoms with E-state index < -0.39 is 0 Å². The lowest BCUT2D eigenvalue weighted by Gasteiger charge is -2.29. The number of carbonyl (C=O) groups excluding carboxylic acids is 1. The van der Waals surface area contributed by atoms with E-state index in [1.54, 1.807) is 12.1 Å². The van der Waals surface area contributed by atoms with Gasteiger partial charge in [-0.1, -0.05) is 6.07 Å². The van der Waals surface area contributed by atoms with Crippen LogP contribution in [0.3, 0.4) is 0 Å². The van der Waals surface area contributed by atoms with Crippen molar-refractivity contribution >= 4 is 5.91 Å². The number of piperazine rings is 1. The molecule has 0 saturated carbocycles. The maximum absolute atomic E-state index is 11.3. The first-order chi connectivity index (χ1) is 8.11. The molecule has 0 aliphatic carbocycles. The highest BCUT2D eigenvalue weighted by atomic mass is 16.5. The SMILES string of the molecule is COc1cc(C2CNC(=O)C(C)N2)ccc1O. The van der Waals surface area contributed by atoms with Crippen molar-refractivity contribution in [2.45, 2.75) is 19.0 Å². The van der Waals surface area contributed by atoms with Crippen LogP contribution in [0.5, 0.6) is 11.5 Å². The Balaban J connectivity index is 2.20.